The molecule has 0 bridgehead atoms. The van der Waals surface area contributed by atoms with Crippen LogP contribution in [0.25, 0.3) is 10.9 Å². The lowest BCUT2D eigenvalue weighted by Crippen LogP contribution is -2.14. The number of rotatable bonds is 4. The van der Waals surface area contributed by atoms with Crippen LogP contribution in [0.1, 0.15) is 15.9 Å². The number of pyridine rings is 1. The third kappa shape index (κ3) is 3.46. The van der Waals surface area contributed by atoms with Crippen molar-refractivity contribution < 1.29 is 17.9 Å². The Balaban J connectivity index is 1.96. The summed E-state index contributed by atoms with van der Waals surface area (Å²) < 4.78 is 32.6. The SMILES string of the molecule is COC(=O)c1ccc(NS(=O)(=O)c2cccc3cc(C)cnc23)cc1. The Morgan fingerprint density at radius 2 is 1.84 bits per heavy atom. The maximum Gasteiger partial charge on any atom is 0.337 e. The smallest absolute Gasteiger partial charge is 0.337 e. The van der Waals surface area contributed by atoms with Gasteiger partial charge in [-0.1, -0.05) is 12.1 Å². The van der Waals surface area contributed by atoms with Crippen LogP contribution in [0.3, 0.4) is 0 Å². The second-order valence-electron chi connectivity index (χ2n) is 5.51. The summed E-state index contributed by atoms with van der Waals surface area (Å²) in [6, 6.07) is 12.9. The van der Waals surface area contributed by atoms with Crippen LogP contribution in [-0.4, -0.2) is 26.5 Å². The molecular weight excluding hydrogens is 340 g/mol. The summed E-state index contributed by atoms with van der Waals surface area (Å²) in [4.78, 5) is 15.8. The number of aromatic nitrogens is 1. The van der Waals surface area contributed by atoms with Gasteiger partial charge in [-0.05, 0) is 48.9 Å². The monoisotopic (exact) mass is 356 g/mol. The van der Waals surface area contributed by atoms with Crippen molar-refractivity contribution >= 4 is 32.6 Å². The van der Waals surface area contributed by atoms with E-state index in [9.17, 15) is 13.2 Å². The molecule has 7 heteroatoms. The van der Waals surface area contributed by atoms with E-state index in [-0.39, 0.29) is 4.90 Å². The largest absolute Gasteiger partial charge is 0.465 e. The molecule has 0 saturated heterocycles. The molecule has 25 heavy (non-hydrogen) atoms. The van der Waals surface area contributed by atoms with E-state index in [2.05, 4.69) is 14.4 Å². The van der Waals surface area contributed by atoms with Crippen molar-refractivity contribution in [3.63, 3.8) is 0 Å². The van der Waals surface area contributed by atoms with Crippen LogP contribution in [0.4, 0.5) is 5.69 Å². The normalized spacial score (nSPS) is 11.3. The summed E-state index contributed by atoms with van der Waals surface area (Å²) >= 11 is 0. The van der Waals surface area contributed by atoms with Crippen molar-refractivity contribution in [3.8, 4) is 0 Å². The number of methoxy groups -OCH3 is 1. The number of fused-ring (bicyclic) bond motifs is 1. The van der Waals surface area contributed by atoms with Crippen molar-refractivity contribution in [1.29, 1.82) is 0 Å². The Morgan fingerprint density at radius 1 is 1.12 bits per heavy atom. The predicted octanol–water partition coefficient (Wildman–Crippen LogP) is 3.13. The number of aryl methyl sites for hydroxylation is 1. The second kappa shape index (κ2) is 6.52. The molecule has 1 N–H and O–H groups in total. The van der Waals surface area contributed by atoms with Gasteiger partial charge in [0.05, 0.1) is 18.2 Å². The molecule has 3 rings (SSSR count). The van der Waals surface area contributed by atoms with E-state index in [0.29, 0.717) is 16.8 Å². The first-order valence-electron chi connectivity index (χ1n) is 7.47. The van der Waals surface area contributed by atoms with E-state index in [1.807, 2.05) is 19.1 Å². The van der Waals surface area contributed by atoms with Gasteiger partial charge in [-0.15, -0.1) is 0 Å². The van der Waals surface area contributed by atoms with E-state index in [1.165, 1.54) is 37.4 Å². The van der Waals surface area contributed by atoms with Crippen LogP contribution in [0.15, 0.2) is 59.6 Å². The molecule has 0 fully saturated rings. The van der Waals surface area contributed by atoms with E-state index in [0.717, 1.165) is 10.9 Å². The molecule has 2 aromatic carbocycles. The number of hydrogen-bond donors (Lipinski definition) is 1. The molecule has 0 atom stereocenters. The number of carbonyl (C=O) groups excluding carboxylic acids is 1. The number of benzene rings is 2. The standard InChI is InChI=1S/C18H16N2O4S/c1-12-10-14-4-3-5-16(17(14)19-11-12)25(22,23)20-15-8-6-13(7-9-15)18(21)24-2/h3-11,20H,1-2H3. The van der Waals surface area contributed by atoms with Gasteiger partial charge in [0.2, 0.25) is 0 Å². The van der Waals surface area contributed by atoms with Crippen LogP contribution in [0, 0.1) is 6.92 Å². The van der Waals surface area contributed by atoms with Gasteiger partial charge in [0.1, 0.15) is 4.90 Å². The van der Waals surface area contributed by atoms with Crippen molar-refractivity contribution in [1.82, 2.24) is 4.98 Å². The molecule has 0 aliphatic rings. The average Bonchev–Trinajstić information content (AvgIpc) is 2.60. The van der Waals surface area contributed by atoms with Crippen LogP contribution < -0.4 is 4.72 Å². The zero-order valence-corrected chi connectivity index (χ0v) is 14.5. The lowest BCUT2D eigenvalue weighted by molar-refractivity contribution is 0.0601. The van der Waals surface area contributed by atoms with Gasteiger partial charge in [-0.25, -0.2) is 13.2 Å². The number of nitrogens with zero attached hydrogens (tertiary/aromatic N) is 1. The molecule has 0 saturated carbocycles. The Bertz CT molecular complexity index is 1040. The first-order valence-corrected chi connectivity index (χ1v) is 8.95. The van der Waals surface area contributed by atoms with Gasteiger partial charge in [-0.3, -0.25) is 9.71 Å². The molecule has 0 radical (unpaired) electrons. The van der Waals surface area contributed by atoms with Crippen molar-refractivity contribution in [2.75, 3.05) is 11.8 Å². The van der Waals surface area contributed by atoms with Crippen molar-refractivity contribution in [2.45, 2.75) is 11.8 Å². The maximum absolute atomic E-state index is 12.7. The molecule has 128 valence electrons. The van der Waals surface area contributed by atoms with E-state index >= 15 is 0 Å². The minimum Gasteiger partial charge on any atom is -0.465 e. The summed E-state index contributed by atoms with van der Waals surface area (Å²) in [5.41, 5.74) is 2.05. The molecule has 1 heterocycles. The number of nitrogens with one attached hydrogen (secondary N) is 1. The highest BCUT2D eigenvalue weighted by Gasteiger charge is 2.18. The number of sulfonamides is 1. The van der Waals surface area contributed by atoms with Crippen LogP contribution in [0.5, 0.6) is 0 Å². The average molecular weight is 356 g/mol. The third-order valence-corrected chi connectivity index (χ3v) is 5.07. The van der Waals surface area contributed by atoms with Gasteiger partial charge in [0.15, 0.2) is 0 Å². The van der Waals surface area contributed by atoms with E-state index in [1.54, 1.807) is 12.3 Å². The highest BCUT2D eigenvalue weighted by atomic mass is 32.2. The van der Waals surface area contributed by atoms with Gasteiger partial charge >= 0.3 is 5.97 Å². The number of ether oxygens (including phenoxy) is 1. The molecule has 1 aromatic heterocycles. The quantitative estimate of drug-likeness (QED) is 0.726. The summed E-state index contributed by atoms with van der Waals surface area (Å²) in [5.74, 6) is -0.483. The first kappa shape index (κ1) is 16.9. The van der Waals surface area contributed by atoms with Gasteiger partial charge in [-0.2, -0.15) is 0 Å². The molecule has 0 spiro atoms. The predicted molar refractivity (Wildman–Crippen MR) is 95.1 cm³/mol. The molecule has 0 aliphatic carbocycles. The van der Waals surface area contributed by atoms with Gasteiger partial charge in [0.25, 0.3) is 10.0 Å². The number of anilines is 1. The Kier molecular flexibility index (Phi) is 4.41. The Hall–Kier alpha value is -2.93. The summed E-state index contributed by atoms with van der Waals surface area (Å²) in [6.45, 7) is 1.90. The van der Waals surface area contributed by atoms with E-state index < -0.39 is 16.0 Å². The molecule has 0 unspecified atom stereocenters. The maximum atomic E-state index is 12.7. The van der Waals surface area contributed by atoms with Crippen LogP contribution >= 0.6 is 0 Å². The second-order valence-corrected chi connectivity index (χ2v) is 7.17. The zero-order valence-electron chi connectivity index (χ0n) is 13.7. The summed E-state index contributed by atoms with van der Waals surface area (Å²) in [6.07, 6.45) is 1.63. The Morgan fingerprint density at radius 3 is 2.52 bits per heavy atom. The molecule has 3 aromatic rings. The first-order chi connectivity index (χ1) is 11.9. The summed E-state index contributed by atoms with van der Waals surface area (Å²) in [5, 5.41) is 0.754. The fourth-order valence-corrected chi connectivity index (χ4v) is 3.70. The highest BCUT2D eigenvalue weighted by molar-refractivity contribution is 7.93. The van der Waals surface area contributed by atoms with E-state index in [4.69, 9.17) is 0 Å². The number of hydrogen-bond acceptors (Lipinski definition) is 5. The molecular formula is C18H16N2O4S. The number of esters is 1. The minimum absolute atomic E-state index is 0.0991. The lowest BCUT2D eigenvalue weighted by Gasteiger charge is -2.10. The van der Waals surface area contributed by atoms with Crippen molar-refractivity contribution in [3.05, 3.63) is 65.9 Å². The number of para-hydroxylation sites is 1. The van der Waals surface area contributed by atoms with Gasteiger partial charge < -0.3 is 4.74 Å². The third-order valence-electron chi connectivity index (χ3n) is 3.66. The lowest BCUT2D eigenvalue weighted by atomic mass is 10.2. The summed E-state index contributed by atoms with van der Waals surface area (Å²) in [7, 11) is -2.53. The molecule has 6 nitrogen and oxygen atoms in total. The zero-order chi connectivity index (χ0) is 18.0. The highest BCUT2D eigenvalue weighted by Crippen LogP contribution is 2.24. The van der Waals surface area contributed by atoms with Gasteiger partial charge in [0, 0.05) is 17.3 Å². The number of carbonyl (C=O) groups is 1. The Labute approximate surface area is 145 Å². The minimum atomic E-state index is -3.82. The van der Waals surface area contributed by atoms with Crippen LogP contribution in [0.2, 0.25) is 0 Å². The fourth-order valence-electron chi connectivity index (χ4n) is 2.46. The molecule has 0 aliphatic heterocycles. The van der Waals surface area contributed by atoms with Crippen LogP contribution in [-0.2, 0) is 14.8 Å². The van der Waals surface area contributed by atoms with Crippen molar-refractivity contribution in [2.24, 2.45) is 0 Å². The fraction of sp³-hybridized carbons (Fsp3) is 0.111. The molecule has 0 amide bonds. The topological polar surface area (TPSA) is 85.4 Å².